The highest BCUT2D eigenvalue weighted by Gasteiger charge is 2.43. The van der Waals surface area contributed by atoms with Gasteiger partial charge < -0.3 is 19.1 Å². The summed E-state index contributed by atoms with van der Waals surface area (Å²) in [5, 5.41) is 0. The molecule has 0 spiro atoms. The quantitative estimate of drug-likeness (QED) is 0.271. The maximum absolute atomic E-state index is 13.3. The number of carbonyl (C=O) groups excluding carboxylic acids is 1. The van der Waals surface area contributed by atoms with E-state index in [1.54, 1.807) is 7.11 Å². The van der Waals surface area contributed by atoms with Crippen molar-refractivity contribution in [3.8, 4) is 5.75 Å². The number of cyclic esters (lactones) is 1. The van der Waals surface area contributed by atoms with Gasteiger partial charge in [0, 0.05) is 19.6 Å². The van der Waals surface area contributed by atoms with Crippen LogP contribution < -0.4 is 4.74 Å². The van der Waals surface area contributed by atoms with E-state index in [4.69, 9.17) is 14.2 Å². The molecule has 1 fully saturated rings. The third-order valence-electron chi connectivity index (χ3n) is 6.99. The smallest absolute Gasteiger partial charge is 0.411 e. The van der Waals surface area contributed by atoms with Gasteiger partial charge in [0.25, 0.3) is 0 Å². The molecule has 0 aromatic heterocycles. The fraction of sp³-hybridized carbons (Fsp3) is 0.323. The van der Waals surface area contributed by atoms with Gasteiger partial charge in [-0.3, -0.25) is 0 Å². The molecule has 0 aliphatic carbocycles. The predicted octanol–water partition coefficient (Wildman–Crippen LogP) is 7.13. The third kappa shape index (κ3) is 5.97. The number of rotatable bonds is 11. The number of carbonyl (C=O) groups is 1. The Morgan fingerprint density at radius 1 is 1.06 bits per heavy atom. The van der Waals surface area contributed by atoms with Crippen LogP contribution >= 0.6 is 0 Å². The normalized spacial score (nSPS) is 18.4. The summed E-state index contributed by atoms with van der Waals surface area (Å²) in [5.41, 5.74) is 3.63. The summed E-state index contributed by atoms with van der Waals surface area (Å²) < 4.78 is 17.4. The van der Waals surface area contributed by atoms with E-state index in [0.29, 0.717) is 26.2 Å². The van der Waals surface area contributed by atoms with Gasteiger partial charge in [0.05, 0.1) is 19.8 Å². The van der Waals surface area contributed by atoms with Crippen LogP contribution in [0.3, 0.4) is 0 Å². The average molecular weight is 486 g/mol. The van der Waals surface area contributed by atoms with Gasteiger partial charge in [0.2, 0.25) is 0 Å². The maximum Gasteiger partial charge on any atom is 0.411 e. The Kier molecular flexibility index (Phi) is 8.44. The van der Waals surface area contributed by atoms with Crippen molar-refractivity contribution in [1.82, 2.24) is 4.90 Å². The molecule has 3 aromatic carbocycles. The van der Waals surface area contributed by atoms with Crippen LogP contribution in [0.4, 0.5) is 4.79 Å². The second-order valence-corrected chi connectivity index (χ2v) is 9.22. The molecule has 1 saturated heterocycles. The van der Waals surface area contributed by atoms with Gasteiger partial charge in [-0.2, -0.15) is 0 Å². The first kappa shape index (κ1) is 25.5. The number of ether oxygens (including phenoxy) is 3. The first-order valence-corrected chi connectivity index (χ1v) is 12.5. The Bertz CT molecular complexity index is 1130. The Balaban J connectivity index is 1.38. The first-order chi connectivity index (χ1) is 17.5. The molecule has 0 bridgehead atoms. The molecule has 3 aromatic rings. The molecule has 0 saturated carbocycles. The zero-order valence-electron chi connectivity index (χ0n) is 21.2. The van der Waals surface area contributed by atoms with Crippen LogP contribution in [-0.2, 0) is 21.7 Å². The van der Waals surface area contributed by atoms with E-state index in [1.807, 2.05) is 84.6 Å². The predicted molar refractivity (Wildman–Crippen MR) is 143 cm³/mol. The number of hydrogen-bond donors (Lipinski definition) is 0. The molecular formula is C31H35NO4. The summed E-state index contributed by atoms with van der Waals surface area (Å²) in [6.07, 6.45) is 3.78. The van der Waals surface area contributed by atoms with Crippen LogP contribution in [0.15, 0.2) is 85.4 Å². The van der Waals surface area contributed by atoms with Gasteiger partial charge in [0.15, 0.2) is 0 Å². The lowest BCUT2D eigenvalue weighted by Gasteiger charge is -2.43. The van der Waals surface area contributed by atoms with Gasteiger partial charge >= 0.3 is 6.09 Å². The molecule has 2 atom stereocenters. The minimum absolute atomic E-state index is 0.0713. The average Bonchev–Trinajstić information content (AvgIpc) is 2.93. The summed E-state index contributed by atoms with van der Waals surface area (Å²) in [7, 11) is 1.66. The topological polar surface area (TPSA) is 48.0 Å². The number of nitrogens with zero attached hydrogens (tertiary/aromatic N) is 1. The lowest BCUT2D eigenvalue weighted by Crippen LogP contribution is -2.48. The zero-order valence-corrected chi connectivity index (χ0v) is 21.2. The molecule has 0 N–H and O–H groups in total. The van der Waals surface area contributed by atoms with Crippen molar-refractivity contribution in [3.05, 3.63) is 108 Å². The van der Waals surface area contributed by atoms with Crippen molar-refractivity contribution in [2.75, 3.05) is 20.3 Å². The number of amides is 1. The molecule has 1 heterocycles. The summed E-state index contributed by atoms with van der Waals surface area (Å²) in [4.78, 5) is 15.1. The van der Waals surface area contributed by atoms with Gasteiger partial charge in [-0.15, -0.1) is 0 Å². The number of methoxy groups -OCH3 is 1. The highest BCUT2D eigenvalue weighted by atomic mass is 16.6. The highest BCUT2D eigenvalue weighted by molar-refractivity contribution is 5.70. The molecule has 1 amide bonds. The van der Waals surface area contributed by atoms with Crippen LogP contribution in [0.2, 0.25) is 0 Å². The lowest BCUT2D eigenvalue weighted by atomic mass is 9.84. The SMILES string of the molecule is C=Cc1ccc([C@H](C)N2CCC(CCCOCc3ccc(OC)cc3)(c3ccccc3)OC2=O)cc1. The van der Waals surface area contributed by atoms with E-state index >= 15 is 0 Å². The first-order valence-electron chi connectivity index (χ1n) is 12.5. The minimum Gasteiger partial charge on any atom is -0.497 e. The van der Waals surface area contributed by atoms with Crippen molar-refractivity contribution in [2.45, 2.75) is 44.4 Å². The third-order valence-corrected chi connectivity index (χ3v) is 6.99. The van der Waals surface area contributed by atoms with E-state index in [0.717, 1.165) is 40.8 Å². The number of hydrogen-bond acceptors (Lipinski definition) is 4. The minimum atomic E-state index is -0.648. The van der Waals surface area contributed by atoms with Crippen molar-refractivity contribution < 1.29 is 19.0 Å². The van der Waals surface area contributed by atoms with Crippen LogP contribution in [0.1, 0.15) is 54.5 Å². The summed E-state index contributed by atoms with van der Waals surface area (Å²) in [6.45, 7) is 7.62. The van der Waals surface area contributed by atoms with E-state index in [-0.39, 0.29) is 12.1 Å². The lowest BCUT2D eigenvalue weighted by molar-refractivity contribution is -0.0695. The molecule has 0 radical (unpaired) electrons. The Labute approximate surface area is 214 Å². The van der Waals surface area contributed by atoms with Gasteiger partial charge in [-0.1, -0.05) is 79.4 Å². The largest absolute Gasteiger partial charge is 0.497 e. The van der Waals surface area contributed by atoms with E-state index in [9.17, 15) is 4.79 Å². The van der Waals surface area contributed by atoms with Crippen LogP contribution in [-0.4, -0.2) is 31.3 Å². The molecule has 4 rings (SSSR count). The van der Waals surface area contributed by atoms with Crippen LogP contribution in [0, 0.1) is 0 Å². The molecule has 1 aliphatic rings. The summed E-state index contributed by atoms with van der Waals surface area (Å²) in [5.74, 6) is 0.833. The van der Waals surface area contributed by atoms with Crippen molar-refractivity contribution in [2.24, 2.45) is 0 Å². The van der Waals surface area contributed by atoms with Crippen molar-refractivity contribution in [3.63, 3.8) is 0 Å². The Morgan fingerprint density at radius 3 is 2.42 bits per heavy atom. The monoisotopic (exact) mass is 485 g/mol. The zero-order chi connectivity index (χ0) is 25.4. The molecular weight excluding hydrogens is 450 g/mol. The molecule has 36 heavy (non-hydrogen) atoms. The van der Waals surface area contributed by atoms with Crippen molar-refractivity contribution in [1.29, 1.82) is 0 Å². The van der Waals surface area contributed by atoms with Gasteiger partial charge in [-0.25, -0.2) is 4.79 Å². The van der Waals surface area contributed by atoms with Gasteiger partial charge in [-0.05, 0) is 54.2 Å². The van der Waals surface area contributed by atoms with Crippen molar-refractivity contribution >= 4 is 12.2 Å². The second-order valence-electron chi connectivity index (χ2n) is 9.22. The molecule has 1 aliphatic heterocycles. The highest BCUT2D eigenvalue weighted by Crippen LogP contribution is 2.40. The van der Waals surface area contributed by atoms with E-state index in [2.05, 4.69) is 18.7 Å². The van der Waals surface area contributed by atoms with E-state index < -0.39 is 5.60 Å². The van der Waals surface area contributed by atoms with E-state index in [1.165, 1.54) is 0 Å². The van der Waals surface area contributed by atoms with Crippen LogP contribution in [0.5, 0.6) is 5.75 Å². The maximum atomic E-state index is 13.3. The molecule has 5 nitrogen and oxygen atoms in total. The fourth-order valence-corrected chi connectivity index (χ4v) is 4.75. The second kappa shape index (κ2) is 11.9. The molecule has 5 heteroatoms. The Hall–Kier alpha value is -3.57. The summed E-state index contributed by atoms with van der Waals surface area (Å²) >= 11 is 0. The molecule has 188 valence electrons. The Morgan fingerprint density at radius 2 is 1.78 bits per heavy atom. The number of benzene rings is 3. The summed E-state index contributed by atoms with van der Waals surface area (Å²) in [6, 6.07) is 26.1. The molecule has 1 unspecified atom stereocenters. The fourth-order valence-electron chi connectivity index (χ4n) is 4.75. The van der Waals surface area contributed by atoms with Gasteiger partial charge in [0.1, 0.15) is 11.4 Å². The van der Waals surface area contributed by atoms with Crippen LogP contribution in [0.25, 0.3) is 6.08 Å². The standard InChI is InChI=1S/C31H35NO4/c1-4-25-11-15-27(16-12-25)24(2)32-21-20-31(36-30(32)33,28-9-6-5-7-10-28)19-8-22-35-23-26-13-17-29(34-3)18-14-26/h4-7,9-18,24H,1,8,19-23H2,2-3H3/t24-,31?/m0/s1.